The Labute approximate surface area is 82.8 Å². The summed E-state index contributed by atoms with van der Waals surface area (Å²) < 4.78 is 2.12. The van der Waals surface area contributed by atoms with E-state index in [2.05, 4.69) is 28.2 Å². The summed E-state index contributed by atoms with van der Waals surface area (Å²) in [6.45, 7) is 4.42. The van der Waals surface area contributed by atoms with Crippen molar-refractivity contribution in [2.45, 2.75) is 26.2 Å². The molecule has 0 saturated heterocycles. The third-order valence-corrected chi connectivity index (χ3v) is 3.17. The van der Waals surface area contributed by atoms with Crippen molar-refractivity contribution < 1.29 is 0 Å². The molecule has 2 unspecified atom stereocenters. The van der Waals surface area contributed by atoms with Crippen molar-refractivity contribution >= 4 is 5.65 Å². The number of aromatic nitrogens is 3. The first-order valence-electron chi connectivity index (χ1n) is 5.06. The summed E-state index contributed by atoms with van der Waals surface area (Å²) in [6, 6.07) is 0. The van der Waals surface area contributed by atoms with E-state index < -0.39 is 0 Å². The van der Waals surface area contributed by atoms with Crippen molar-refractivity contribution in [1.29, 1.82) is 0 Å². The van der Waals surface area contributed by atoms with Gasteiger partial charge in [-0.1, -0.05) is 6.92 Å². The lowest BCUT2D eigenvalue weighted by atomic mass is 10.2. The summed E-state index contributed by atoms with van der Waals surface area (Å²) in [5, 5.41) is 0. The van der Waals surface area contributed by atoms with Crippen LogP contribution in [0, 0.1) is 12.8 Å². The van der Waals surface area contributed by atoms with E-state index >= 15 is 0 Å². The number of hydrogen-bond donors (Lipinski definition) is 0. The molecule has 2 heterocycles. The van der Waals surface area contributed by atoms with Gasteiger partial charge in [0.25, 0.3) is 0 Å². The second-order valence-electron chi connectivity index (χ2n) is 4.21. The van der Waals surface area contributed by atoms with E-state index in [1.54, 1.807) is 0 Å². The quantitative estimate of drug-likeness (QED) is 0.684. The van der Waals surface area contributed by atoms with Crippen LogP contribution in [-0.2, 0) is 0 Å². The molecule has 3 nitrogen and oxygen atoms in total. The molecule has 0 aromatic carbocycles. The highest BCUT2D eigenvalue weighted by Gasteiger charge is 2.37. The van der Waals surface area contributed by atoms with Crippen LogP contribution in [0.1, 0.15) is 30.7 Å². The number of nitrogens with zero attached hydrogens (tertiary/aromatic N) is 3. The van der Waals surface area contributed by atoms with Crippen molar-refractivity contribution in [1.82, 2.24) is 14.4 Å². The average molecular weight is 187 g/mol. The second-order valence-corrected chi connectivity index (χ2v) is 4.21. The highest BCUT2D eigenvalue weighted by atomic mass is 15.0. The van der Waals surface area contributed by atoms with Crippen LogP contribution in [0.4, 0.5) is 0 Å². The first-order valence-corrected chi connectivity index (χ1v) is 5.06. The number of fused-ring (bicyclic) bond motifs is 1. The fourth-order valence-corrected chi connectivity index (χ4v) is 2.10. The predicted octanol–water partition coefficient (Wildman–Crippen LogP) is 2.16. The number of rotatable bonds is 1. The van der Waals surface area contributed by atoms with Gasteiger partial charge >= 0.3 is 0 Å². The van der Waals surface area contributed by atoms with Gasteiger partial charge in [-0.05, 0) is 19.3 Å². The van der Waals surface area contributed by atoms with Crippen LogP contribution >= 0.6 is 0 Å². The highest BCUT2D eigenvalue weighted by molar-refractivity contribution is 5.42. The molecule has 14 heavy (non-hydrogen) atoms. The highest BCUT2D eigenvalue weighted by Crippen LogP contribution is 2.47. The topological polar surface area (TPSA) is 30.2 Å². The lowest BCUT2D eigenvalue weighted by molar-refractivity contribution is 0.883. The molecular formula is C11H13N3. The van der Waals surface area contributed by atoms with Crippen LogP contribution in [0.15, 0.2) is 18.6 Å². The van der Waals surface area contributed by atoms with Crippen LogP contribution in [0.25, 0.3) is 5.65 Å². The zero-order valence-corrected chi connectivity index (χ0v) is 8.44. The molecule has 0 spiro atoms. The Kier molecular flexibility index (Phi) is 1.46. The summed E-state index contributed by atoms with van der Waals surface area (Å²) in [5.41, 5.74) is 3.52. The van der Waals surface area contributed by atoms with Gasteiger partial charge in [0.05, 0.1) is 11.9 Å². The Hall–Kier alpha value is -1.38. The molecule has 2 aromatic rings. The SMILES string of the molecule is Cc1c(C2CC2C)nc2cnccn12. The molecular weight excluding hydrogens is 174 g/mol. The fourth-order valence-electron chi connectivity index (χ4n) is 2.10. The molecule has 0 N–H and O–H groups in total. The molecule has 3 rings (SSSR count). The number of imidazole rings is 1. The van der Waals surface area contributed by atoms with Gasteiger partial charge in [0.1, 0.15) is 0 Å². The van der Waals surface area contributed by atoms with Gasteiger partial charge in [0, 0.05) is 24.0 Å². The predicted molar refractivity (Wildman–Crippen MR) is 54.2 cm³/mol. The first-order chi connectivity index (χ1) is 6.77. The van der Waals surface area contributed by atoms with E-state index in [0.717, 1.165) is 11.6 Å². The van der Waals surface area contributed by atoms with Gasteiger partial charge in [0.15, 0.2) is 5.65 Å². The molecule has 72 valence electrons. The third kappa shape index (κ3) is 0.983. The molecule has 1 fully saturated rings. The molecule has 1 aliphatic rings. The maximum absolute atomic E-state index is 4.63. The molecule has 2 aromatic heterocycles. The van der Waals surface area contributed by atoms with Crippen LogP contribution < -0.4 is 0 Å². The molecule has 1 aliphatic carbocycles. The van der Waals surface area contributed by atoms with E-state index in [-0.39, 0.29) is 0 Å². The van der Waals surface area contributed by atoms with Gasteiger partial charge in [-0.3, -0.25) is 4.98 Å². The Bertz CT molecular complexity index is 486. The molecule has 2 atom stereocenters. The lowest BCUT2D eigenvalue weighted by Gasteiger charge is -1.95. The molecule has 0 amide bonds. The van der Waals surface area contributed by atoms with E-state index in [4.69, 9.17) is 0 Å². The Morgan fingerprint density at radius 2 is 2.29 bits per heavy atom. The van der Waals surface area contributed by atoms with Crippen LogP contribution in [0.2, 0.25) is 0 Å². The van der Waals surface area contributed by atoms with Gasteiger partial charge in [0.2, 0.25) is 0 Å². The maximum Gasteiger partial charge on any atom is 0.155 e. The molecule has 0 bridgehead atoms. The van der Waals surface area contributed by atoms with E-state index in [1.807, 2.05) is 18.6 Å². The first kappa shape index (κ1) is 7.97. The van der Waals surface area contributed by atoms with E-state index in [1.165, 1.54) is 17.8 Å². The van der Waals surface area contributed by atoms with Gasteiger partial charge in [-0.25, -0.2) is 4.98 Å². The number of aryl methyl sites for hydroxylation is 1. The lowest BCUT2D eigenvalue weighted by Crippen LogP contribution is -1.89. The Morgan fingerprint density at radius 3 is 2.93 bits per heavy atom. The normalized spacial score (nSPS) is 25.6. The minimum Gasteiger partial charge on any atom is -0.301 e. The van der Waals surface area contributed by atoms with Gasteiger partial charge < -0.3 is 4.40 Å². The van der Waals surface area contributed by atoms with E-state index in [9.17, 15) is 0 Å². The summed E-state index contributed by atoms with van der Waals surface area (Å²) in [7, 11) is 0. The molecule has 0 aliphatic heterocycles. The largest absolute Gasteiger partial charge is 0.301 e. The number of hydrogen-bond acceptors (Lipinski definition) is 2. The van der Waals surface area contributed by atoms with Crippen molar-refractivity contribution in [3.8, 4) is 0 Å². The van der Waals surface area contributed by atoms with E-state index in [0.29, 0.717) is 5.92 Å². The average Bonchev–Trinajstić information content (AvgIpc) is 2.82. The third-order valence-electron chi connectivity index (χ3n) is 3.17. The monoisotopic (exact) mass is 187 g/mol. The maximum atomic E-state index is 4.63. The van der Waals surface area contributed by atoms with Crippen LogP contribution in [-0.4, -0.2) is 14.4 Å². The Balaban J connectivity index is 2.21. The molecule has 3 heteroatoms. The van der Waals surface area contributed by atoms with Crippen molar-refractivity contribution in [2.75, 3.05) is 0 Å². The van der Waals surface area contributed by atoms with Crippen molar-refractivity contribution in [3.63, 3.8) is 0 Å². The summed E-state index contributed by atoms with van der Waals surface area (Å²) in [4.78, 5) is 8.71. The molecule has 1 saturated carbocycles. The molecule has 0 radical (unpaired) electrons. The van der Waals surface area contributed by atoms with Crippen LogP contribution in [0.3, 0.4) is 0 Å². The van der Waals surface area contributed by atoms with Gasteiger partial charge in [-0.15, -0.1) is 0 Å². The zero-order valence-electron chi connectivity index (χ0n) is 8.44. The summed E-state index contributed by atoms with van der Waals surface area (Å²) >= 11 is 0. The van der Waals surface area contributed by atoms with Crippen molar-refractivity contribution in [2.24, 2.45) is 5.92 Å². The van der Waals surface area contributed by atoms with Gasteiger partial charge in [-0.2, -0.15) is 0 Å². The smallest absolute Gasteiger partial charge is 0.155 e. The summed E-state index contributed by atoms with van der Waals surface area (Å²) in [6.07, 6.45) is 6.90. The standard InChI is InChI=1S/C11H13N3/c1-7-5-9(7)11-8(2)14-4-3-12-6-10(14)13-11/h3-4,6-7,9H,5H2,1-2H3. The second kappa shape index (κ2) is 2.56. The fraction of sp³-hybridized carbons (Fsp3) is 0.455. The summed E-state index contributed by atoms with van der Waals surface area (Å²) in [5.74, 6) is 1.50. The Morgan fingerprint density at radius 1 is 1.50 bits per heavy atom. The van der Waals surface area contributed by atoms with Crippen molar-refractivity contribution in [3.05, 3.63) is 30.0 Å². The zero-order chi connectivity index (χ0) is 9.71. The minimum absolute atomic E-state index is 0.690. The minimum atomic E-state index is 0.690. The van der Waals surface area contributed by atoms with Crippen LogP contribution in [0.5, 0.6) is 0 Å².